The van der Waals surface area contributed by atoms with Crippen molar-refractivity contribution in [2.45, 2.75) is 82.5 Å². The number of allylic oxidation sites excluding steroid dienone is 1. The van der Waals surface area contributed by atoms with Gasteiger partial charge < -0.3 is 0 Å². The number of alkyl halides is 2. The highest BCUT2D eigenvalue weighted by Crippen LogP contribution is 2.47. The molecule has 0 aromatic heterocycles. The average Bonchev–Trinajstić information content (AvgIpc) is 2.64. The van der Waals surface area contributed by atoms with Crippen LogP contribution in [0.25, 0.3) is 0 Å². The van der Waals surface area contributed by atoms with Gasteiger partial charge in [0.1, 0.15) is 0 Å². The van der Waals surface area contributed by atoms with E-state index >= 15 is 0 Å². The first-order valence-corrected chi connectivity index (χ1v) is 10.4. The molecular weight excluding hydrogens is 352 g/mol. The highest BCUT2D eigenvalue weighted by Gasteiger charge is 2.44. The van der Waals surface area contributed by atoms with Crippen LogP contribution in [0.5, 0.6) is 0 Å². The van der Waals surface area contributed by atoms with Crippen LogP contribution in [-0.4, -0.2) is 5.92 Å². The first kappa shape index (κ1) is 20.4. The first-order chi connectivity index (χ1) is 12.9. The van der Waals surface area contributed by atoms with Gasteiger partial charge >= 0.3 is 0 Å². The molecule has 4 heteroatoms. The van der Waals surface area contributed by atoms with Gasteiger partial charge in [-0.3, -0.25) is 0 Å². The zero-order chi connectivity index (χ0) is 19.6. The number of benzene rings is 1. The Kier molecular flexibility index (Phi) is 6.32. The maximum atomic E-state index is 14.8. The Morgan fingerprint density at radius 1 is 0.963 bits per heavy atom. The van der Waals surface area contributed by atoms with Crippen LogP contribution in [0, 0.1) is 23.5 Å². The highest BCUT2D eigenvalue weighted by molar-refractivity contribution is 5.32. The van der Waals surface area contributed by atoms with Gasteiger partial charge in [-0.15, -0.1) is 6.58 Å². The Balaban J connectivity index is 1.75. The van der Waals surface area contributed by atoms with Gasteiger partial charge in [0.25, 0.3) is 5.92 Å². The van der Waals surface area contributed by atoms with Crippen molar-refractivity contribution >= 4 is 0 Å². The third kappa shape index (κ3) is 4.25. The van der Waals surface area contributed by atoms with Gasteiger partial charge in [-0.25, -0.2) is 17.6 Å². The molecule has 0 N–H and O–H groups in total. The predicted octanol–water partition coefficient (Wildman–Crippen LogP) is 7.74. The molecule has 0 heterocycles. The van der Waals surface area contributed by atoms with Gasteiger partial charge in [0.05, 0.1) is 0 Å². The molecule has 0 aliphatic heterocycles. The summed E-state index contributed by atoms with van der Waals surface area (Å²) >= 11 is 0. The molecule has 27 heavy (non-hydrogen) atoms. The van der Waals surface area contributed by atoms with E-state index in [4.69, 9.17) is 0 Å². The normalized spacial score (nSPS) is 30.9. The minimum absolute atomic E-state index is 0.0413. The number of hydrogen-bond acceptors (Lipinski definition) is 0. The molecule has 2 aliphatic rings. The van der Waals surface area contributed by atoms with Gasteiger partial charge in [-0.1, -0.05) is 38.0 Å². The van der Waals surface area contributed by atoms with E-state index in [-0.39, 0.29) is 17.9 Å². The maximum absolute atomic E-state index is 14.8. The van der Waals surface area contributed by atoms with Crippen molar-refractivity contribution in [3.63, 3.8) is 0 Å². The summed E-state index contributed by atoms with van der Waals surface area (Å²) in [6, 6.07) is 3.21. The van der Waals surface area contributed by atoms with Crippen LogP contribution in [0.15, 0.2) is 24.8 Å². The zero-order valence-corrected chi connectivity index (χ0v) is 16.1. The second-order valence-electron chi connectivity index (χ2n) is 8.46. The monoisotopic (exact) mass is 382 g/mol. The molecular formula is C23H30F4. The Morgan fingerprint density at radius 2 is 1.52 bits per heavy atom. The minimum Gasteiger partial charge on any atom is -0.206 e. The quantitative estimate of drug-likeness (QED) is 0.361. The molecule has 3 rings (SSSR count). The first-order valence-electron chi connectivity index (χ1n) is 10.4. The van der Waals surface area contributed by atoms with Gasteiger partial charge in [-0.2, -0.15) is 0 Å². The van der Waals surface area contributed by atoms with E-state index < -0.39 is 35.8 Å². The van der Waals surface area contributed by atoms with Crippen LogP contribution in [-0.2, 0) is 0 Å². The van der Waals surface area contributed by atoms with Crippen LogP contribution in [0.3, 0.4) is 0 Å². The summed E-state index contributed by atoms with van der Waals surface area (Å²) in [5, 5.41) is 0. The van der Waals surface area contributed by atoms with Crippen LogP contribution in [0.1, 0.15) is 87.7 Å². The molecule has 150 valence electrons. The molecule has 0 saturated heterocycles. The summed E-state index contributed by atoms with van der Waals surface area (Å²) in [6.45, 7) is 5.65. The second-order valence-corrected chi connectivity index (χ2v) is 8.46. The molecule has 0 spiro atoms. The topological polar surface area (TPSA) is 0 Å². The lowest BCUT2D eigenvalue weighted by atomic mass is 9.74. The van der Waals surface area contributed by atoms with E-state index in [1.54, 1.807) is 12.1 Å². The van der Waals surface area contributed by atoms with E-state index in [1.807, 2.05) is 0 Å². The summed E-state index contributed by atoms with van der Waals surface area (Å²) in [6.07, 6.45) is 7.75. The van der Waals surface area contributed by atoms with Crippen molar-refractivity contribution in [1.29, 1.82) is 0 Å². The lowest BCUT2D eigenvalue weighted by Crippen LogP contribution is -2.34. The highest BCUT2D eigenvalue weighted by atomic mass is 19.3. The van der Waals surface area contributed by atoms with E-state index in [2.05, 4.69) is 13.5 Å². The Hall–Kier alpha value is -1.32. The summed E-state index contributed by atoms with van der Waals surface area (Å²) in [5.41, 5.74) is 0.538. The fourth-order valence-electron chi connectivity index (χ4n) is 5.11. The fourth-order valence-corrected chi connectivity index (χ4v) is 5.11. The summed E-state index contributed by atoms with van der Waals surface area (Å²) in [5.74, 6) is -5.43. The standard InChI is InChI=1S/C23H30F4/c1-3-5-15-6-8-16(9-7-15)19-12-13-20(22(25)21(19)24)17-10-11-18(4-2)23(26,27)14-17/h4,12-13,15-18H,2-3,5-11,14H2,1H3. The third-order valence-electron chi connectivity index (χ3n) is 6.74. The molecule has 2 unspecified atom stereocenters. The SMILES string of the molecule is C=CC1CCC(c2ccc(C3CCC(CCC)CC3)c(F)c2F)CC1(F)F. The molecule has 0 radical (unpaired) electrons. The lowest BCUT2D eigenvalue weighted by Gasteiger charge is -2.35. The zero-order valence-electron chi connectivity index (χ0n) is 16.1. The maximum Gasteiger partial charge on any atom is 0.254 e. The Labute approximate surface area is 160 Å². The summed E-state index contributed by atoms with van der Waals surface area (Å²) in [4.78, 5) is 0. The van der Waals surface area contributed by atoms with Crippen LogP contribution in [0.4, 0.5) is 17.6 Å². The fraction of sp³-hybridized carbons (Fsp3) is 0.652. The number of hydrogen-bond donors (Lipinski definition) is 0. The average molecular weight is 382 g/mol. The van der Waals surface area contributed by atoms with Gasteiger partial charge in [-0.05, 0) is 67.4 Å². The Morgan fingerprint density at radius 3 is 2.04 bits per heavy atom. The molecule has 0 bridgehead atoms. The van der Waals surface area contributed by atoms with Gasteiger partial charge in [0.2, 0.25) is 0 Å². The lowest BCUT2D eigenvalue weighted by molar-refractivity contribution is -0.0742. The molecule has 2 saturated carbocycles. The molecule has 0 nitrogen and oxygen atoms in total. The molecule has 2 atom stereocenters. The van der Waals surface area contributed by atoms with Crippen molar-refractivity contribution in [3.8, 4) is 0 Å². The van der Waals surface area contributed by atoms with Crippen molar-refractivity contribution < 1.29 is 17.6 Å². The number of halogens is 4. The summed E-state index contributed by atoms with van der Waals surface area (Å²) < 4.78 is 58.0. The minimum atomic E-state index is -2.91. The van der Waals surface area contributed by atoms with Crippen LogP contribution < -0.4 is 0 Å². The predicted molar refractivity (Wildman–Crippen MR) is 101 cm³/mol. The van der Waals surface area contributed by atoms with Crippen molar-refractivity contribution in [2.24, 2.45) is 11.8 Å². The van der Waals surface area contributed by atoms with Crippen molar-refractivity contribution in [3.05, 3.63) is 47.5 Å². The van der Waals surface area contributed by atoms with Gasteiger partial charge in [0, 0.05) is 12.3 Å². The Bertz CT molecular complexity index is 659. The van der Waals surface area contributed by atoms with E-state index in [0.717, 1.165) is 32.1 Å². The van der Waals surface area contributed by atoms with Crippen molar-refractivity contribution in [2.75, 3.05) is 0 Å². The largest absolute Gasteiger partial charge is 0.254 e. The summed E-state index contributed by atoms with van der Waals surface area (Å²) in [7, 11) is 0. The third-order valence-corrected chi connectivity index (χ3v) is 6.74. The molecule has 1 aromatic carbocycles. The molecule has 2 aliphatic carbocycles. The molecule has 2 fully saturated rings. The number of rotatable bonds is 5. The second kappa shape index (κ2) is 8.36. The smallest absolute Gasteiger partial charge is 0.206 e. The van der Waals surface area contributed by atoms with Crippen LogP contribution >= 0.6 is 0 Å². The van der Waals surface area contributed by atoms with E-state index in [1.165, 1.54) is 12.5 Å². The van der Waals surface area contributed by atoms with Crippen LogP contribution in [0.2, 0.25) is 0 Å². The molecule has 1 aromatic rings. The molecule has 0 amide bonds. The van der Waals surface area contributed by atoms with E-state index in [9.17, 15) is 17.6 Å². The van der Waals surface area contributed by atoms with E-state index in [0.29, 0.717) is 17.9 Å². The van der Waals surface area contributed by atoms with Crippen molar-refractivity contribution in [1.82, 2.24) is 0 Å². The van der Waals surface area contributed by atoms with Gasteiger partial charge in [0.15, 0.2) is 11.6 Å².